The third kappa shape index (κ3) is 3.61. The third-order valence-corrected chi connectivity index (χ3v) is 4.93. The van der Waals surface area contributed by atoms with E-state index in [0.29, 0.717) is 10.0 Å². The van der Waals surface area contributed by atoms with Crippen LogP contribution in [-0.2, 0) is 13.0 Å². The van der Waals surface area contributed by atoms with Crippen LogP contribution in [0.25, 0.3) is 10.9 Å². The highest BCUT2D eigenvalue weighted by Gasteiger charge is 2.06. The van der Waals surface area contributed by atoms with Gasteiger partial charge in [-0.1, -0.05) is 29.3 Å². The quantitative estimate of drug-likeness (QED) is 0.636. The van der Waals surface area contributed by atoms with E-state index in [1.165, 1.54) is 4.88 Å². The molecule has 1 aromatic carbocycles. The molecule has 0 aliphatic rings. The Morgan fingerprint density at radius 2 is 2.05 bits per heavy atom. The van der Waals surface area contributed by atoms with Crippen LogP contribution in [0, 0.1) is 0 Å². The molecule has 0 radical (unpaired) electrons. The van der Waals surface area contributed by atoms with Gasteiger partial charge in [-0.25, -0.2) is 0 Å². The molecule has 2 heterocycles. The largest absolute Gasteiger partial charge is 0.346 e. The van der Waals surface area contributed by atoms with E-state index in [2.05, 4.69) is 33.6 Å². The van der Waals surface area contributed by atoms with Crippen LogP contribution in [0.1, 0.15) is 4.88 Å². The molecule has 0 spiro atoms. The van der Waals surface area contributed by atoms with Crippen LogP contribution in [0.4, 0.5) is 0 Å². The van der Waals surface area contributed by atoms with Crippen molar-refractivity contribution in [2.75, 3.05) is 13.1 Å². The smallest absolute Gasteiger partial charge is 0.0514 e. The zero-order chi connectivity index (χ0) is 14.7. The Hall–Kier alpha value is -1.00. The molecule has 0 bridgehead atoms. The van der Waals surface area contributed by atoms with E-state index in [9.17, 15) is 0 Å². The van der Waals surface area contributed by atoms with Gasteiger partial charge in [0.1, 0.15) is 0 Å². The van der Waals surface area contributed by atoms with Crippen molar-refractivity contribution in [3.8, 4) is 0 Å². The predicted molar refractivity (Wildman–Crippen MR) is 92.9 cm³/mol. The van der Waals surface area contributed by atoms with E-state index in [1.807, 2.05) is 23.5 Å². The molecule has 3 rings (SSSR count). The number of thiophene rings is 1. The molecule has 21 heavy (non-hydrogen) atoms. The second-order valence-electron chi connectivity index (χ2n) is 4.91. The predicted octanol–water partition coefficient (Wildman–Crippen LogP) is 4.84. The SMILES string of the molecule is Clc1cc(Cl)c2ccn(CCNCCc3cccs3)c2c1. The first kappa shape index (κ1) is 14.9. The molecule has 0 atom stereocenters. The highest BCUT2D eigenvalue weighted by molar-refractivity contribution is 7.09. The van der Waals surface area contributed by atoms with Gasteiger partial charge in [0.25, 0.3) is 0 Å². The Bertz CT molecular complexity index is 719. The first-order chi connectivity index (χ1) is 10.2. The fraction of sp³-hybridized carbons (Fsp3) is 0.250. The maximum absolute atomic E-state index is 6.20. The number of rotatable bonds is 6. The number of hydrogen-bond acceptors (Lipinski definition) is 2. The van der Waals surface area contributed by atoms with Crippen molar-refractivity contribution in [1.29, 1.82) is 0 Å². The minimum absolute atomic E-state index is 0.679. The van der Waals surface area contributed by atoms with Gasteiger partial charge in [0.05, 0.1) is 10.5 Å². The van der Waals surface area contributed by atoms with Crippen LogP contribution in [0.5, 0.6) is 0 Å². The van der Waals surface area contributed by atoms with Crippen LogP contribution in [0.2, 0.25) is 10.0 Å². The number of nitrogens with zero attached hydrogens (tertiary/aromatic N) is 1. The fourth-order valence-corrected chi connectivity index (χ4v) is 3.66. The van der Waals surface area contributed by atoms with Crippen molar-refractivity contribution in [2.45, 2.75) is 13.0 Å². The Labute approximate surface area is 138 Å². The van der Waals surface area contributed by atoms with E-state index in [0.717, 1.165) is 37.0 Å². The summed E-state index contributed by atoms with van der Waals surface area (Å²) in [4.78, 5) is 1.42. The minimum Gasteiger partial charge on any atom is -0.346 e. The van der Waals surface area contributed by atoms with Crippen LogP contribution >= 0.6 is 34.5 Å². The highest BCUT2D eigenvalue weighted by Crippen LogP contribution is 2.28. The Kier molecular flexibility index (Phi) is 4.86. The van der Waals surface area contributed by atoms with Crippen molar-refractivity contribution in [3.05, 3.63) is 56.8 Å². The van der Waals surface area contributed by atoms with Gasteiger partial charge in [-0.15, -0.1) is 11.3 Å². The molecular weight excluding hydrogens is 323 g/mol. The number of nitrogens with one attached hydrogen (secondary N) is 1. The highest BCUT2D eigenvalue weighted by atomic mass is 35.5. The van der Waals surface area contributed by atoms with Gasteiger partial charge in [-0.3, -0.25) is 0 Å². The number of aromatic nitrogens is 1. The van der Waals surface area contributed by atoms with Crippen molar-refractivity contribution in [2.24, 2.45) is 0 Å². The Balaban J connectivity index is 1.56. The molecule has 3 aromatic rings. The second-order valence-corrected chi connectivity index (χ2v) is 6.78. The van der Waals surface area contributed by atoms with Gasteiger partial charge in [-0.2, -0.15) is 0 Å². The lowest BCUT2D eigenvalue weighted by Crippen LogP contribution is -2.21. The molecule has 110 valence electrons. The Morgan fingerprint density at radius 1 is 1.14 bits per heavy atom. The molecule has 0 fully saturated rings. The Morgan fingerprint density at radius 3 is 2.86 bits per heavy atom. The van der Waals surface area contributed by atoms with E-state index in [4.69, 9.17) is 23.2 Å². The molecule has 1 N–H and O–H groups in total. The fourth-order valence-electron chi connectivity index (χ4n) is 2.40. The van der Waals surface area contributed by atoms with Gasteiger partial charge in [-0.05, 0) is 36.1 Å². The first-order valence-electron chi connectivity index (χ1n) is 6.91. The topological polar surface area (TPSA) is 17.0 Å². The van der Waals surface area contributed by atoms with Gasteiger partial charge in [0, 0.05) is 41.1 Å². The van der Waals surface area contributed by atoms with Crippen molar-refractivity contribution < 1.29 is 0 Å². The molecule has 0 aliphatic heterocycles. The van der Waals surface area contributed by atoms with Crippen molar-refractivity contribution >= 4 is 45.4 Å². The summed E-state index contributed by atoms with van der Waals surface area (Å²) in [7, 11) is 0. The number of benzene rings is 1. The normalized spacial score (nSPS) is 11.3. The van der Waals surface area contributed by atoms with Crippen LogP contribution in [0.15, 0.2) is 41.9 Å². The maximum atomic E-state index is 6.20. The zero-order valence-electron chi connectivity index (χ0n) is 11.5. The summed E-state index contributed by atoms with van der Waals surface area (Å²) in [6, 6.07) is 10.1. The summed E-state index contributed by atoms with van der Waals surface area (Å²) in [6.07, 6.45) is 3.15. The molecule has 0 amide bonds. The molecule has 0 saturated carbocycles. The van der Waals surface area contributed by atoms with Crippen LogP contribution in [-0.4, -0.2) is 17.7 Å². The van der Waals surface area contributed by atoms with Crippen molar-refractivity contribution in [3.63, 3.8) is 0 Å². The molecule has 0 aliphatic carbocycles. The average Bonchev–Trinajstić information content (AvgIpc) is 3.08. The molecule has 0 saturated heterocycles. The minimum atomic E-state index is 0.679. The summed E-state index contributed by atoms with van der Waals surface area (Å²) >= 11 is 14.1. The van der Waals surface area contributed by atoms with Gasteiger partial charge < -0.3 is 9.88 Å². The maximum Gasteiger partial charge on any atom is 0.0514 e. The van der Waals surface area contributed by atoms with E-state index < -0.39 is 0 Å². The van der Waals surface area contributed by atoms with Crippen LogP contribution in [0.3, 0.4) is 0 Å². The zero-order valence-corrected chi connectivity index (χ0v) is 13.8. The van der Waals surface area contributed by atoms with E-state index in [-0.39, 0.29) is 0 Å². The van der Waals surface area contributed by atoms with Gasteiger partial charge >= 0.3 is 0 Å². The lowest BCUT2D eigenvalue weighted by atomic mass is 10.2. The average molecular weight is 339 g/mol. The third-order valence-electron chi connectivity index (χ3n) is 3.46. The second kappa shape index (κ2) is 6.84. The molecule has 2 aromatic heterocycles. The first-order valence-corrected chi connectivity index (χ1v) is 8.54. The van der Waals surface area contributed by atoms with Gasteiger partial charge in [0.15, 0.2) is 0 Å². The number of halogens is 2. The molecule has 5 heteroatoms. The monoisotopic (exact) mass is 338 g/mol. The summed E-state index contributed by atoms with van der Waals surface area (Å²) < 4.78 is 2.19. The van der Waals surface area contributed by atoms with Gasteiger partial charge in [0.2, 0.25) is 0 Å². The summed E-state index contributed by atoms with van der Waals surface area (Å²) in [5.41, 5.74) is 1.09. The van der Waals surface area contributed by atoms with Crippen LogP contribution < -0.4 is 5.32 Å². The summed E-state index contributed by atoms with van der Waals surface area (Å²) in [5, 5.41) is 8.04. The number of fused-ring (bicyclic) bond motifs is 1. The molecule has 2 nitrogen and oxygen atoms in total. The number of hydrogen-bond donors (Lipinski definition) is 1. The lowest BCUT2D eigenvalue weighted by molar-refractivity contribution is 0.611. The summed E-state index contributed by atoms with van der Waals surface area (Å²) in [5.74, 6) is 0. The standard InChI is InChI=1S/C16H16Cl2N2S/c17-12-10-15(18)14-4-7-20(16(14)11-12)8-6-19-5-3-13-2-1-9-21-13/h1-2,4,7,9-11,19H,3,5-6,8H2. The summed E-state index contributed by atoms with van der Waals surface area (Å²) in [6.45, 7) is 2.84. The van der Waals surface area contributed by atoms with E-state index in [1.54, 1.807) is 6.07 Å². The van der Waals surface area contributed by atoms with E-state index >= 15 is 0 Å². The lowest BCUT2D eigenvalue weighted by Gasteiger charge is -2.07. The molecule has 0 unspecified atom stereocenters. The molecular formula is C16H16Cl2N2S. The van der Waals surface area contributed by atoms with Crippen molar-refractivity contribution in [1.82, 2.24) is 9.88 Å².